The zero-order chi connectivity index (χ0) is 25.9. The number of halogens is 1. The Bertz CT molecular complexity index is 1210. The lowest BCUT2D eigenvalue weighted by Crippen LogP contribution is -2.37. The molecule has 35 heavy (non-hydrogen) atoms. The molecular weight excluding hydrogens is 479 g/mol. The fourth-order valence-electron chi connectivity index (χ4n) is 3.94. The predicted octanol–water partition coefficient (Wildman–Crippen LogP) is 2.86. The van der Waals surface area contributed by atoms with Crippen LogP contribution in [0.25, 0.3) is 17.2 Å². The van der Waals surface area contributed by atoms with Crippen LogP contribution in [-0.2, 0) is 26.2 Å². The summed E-state index contributed by atoms with van der Waals surface area (Å²) in [5, 5.41) is 29.1. The summed E-state index contributed by atoms with van der Waals surface area (Å²) >= 11 is 0. The van der Waals surface area contributed by atoms with Gasteiger partial charge in [0.1, 0.15) is 12.5 Å². The van der Waals surface area contributed by atoms with E-state index in [1.807, 2.05) is 13.8 Å². The molecule has 3 rings (SSSR count). The third-order valence-corrected chi connectivity index (χ3v) is 6.60. The smallest absolute Gasteiger partial charge is 0.305 e. The minimum Gasteiger partial charge on any atom is -0.481 e. The summed E-state index contributed by atoms with van der Waals surface area (Å²) in [5.41, 5.74) is 2.81. The van der Waals surface area contributed by atoms with Crippen LogP contribution in [0.3, 0.4) is 0 Å². The van der Waals surface area contributed by atoms with Crippen LogP contribution >= 0.6 is 0 Å². The molecule has 0 radical (unpaired) electrons. The summed E-state index contributed by atoms with van der Waals surface area (Å²) in [5.74, 6) is -1.53. The predicted molar refractivity (Wildman–Crippen MR) is 129 cm³/mol. The van der Waals surface area contributed by atoms with Crippen molar-refractivity contribution in [1.29, 1.82) is 0 Å². The minimum atomic E-state index is -3.70. The van der Waals surface area contributed by atoms with Crippen LogP contribution < -0.4 is 4.31 Å². The van der Waals surface area contributed by atoms with Gasteiger partial charge in [-0.1, -0.05) is 38.1 Å². The molecule has 2 aromatic rings. The molecule has 1 aromatic carbocycles. The molecule has 190 valence electrons. The molecule has 1 aliphatic heterocycles. The molecule has 0 saturated heterocycles. The first-order valence-electron chi connectivity index (χ1n) is 11.0. The highest BCUT2D eigenvalue weighted by atomic mass is 32.2. The van der Waals surface area contributed by atoms with Gasteiger partial charge in [-0.15, -0.1) is 0 Å². The Morgan fingerprint density at radius 2 is 1.91 bits per heavy atom. The highest BCUT2D eigenvalue weighted by Gasteiger charge is 2.31. The van der Waals surface area contributed by atoms with Crippen LogP contribution in [0.2, 0.25) is 0 Å². The highest BCUT2D eigenvalue weighted by Crippen LogP contribution is 2.41. The zero-order valence-corrected chi connectivity index (χ0v) is 20.5. The van der Waals surface area contributed by atoms with E-state index < -0.39 is 40.4 Å². The largest absolute Gasteiger partial charge is 0.481 e. The zero-order valence-electron chi connectivity index (χ0n) is 19.7. The number of pyridine rings is 1. The summed E-state index contributed by atoms with van der Waals surface area (Å²) in [6, 6.07) is 5.72. The number of fused-ring (bicyclic) bond motifs is 1. The van der Waals surface area contributed by atoms with Crippen molar-refractivity contribution in [2.75, 3.05) is 17.3 Å². The molecule has 2 unspecified atom stereocenters. The van der Waals surface area contributed by atoms with Crippen molar-refractivity contribution in [2.24, 2.45) is 0 Å². The van der Waals surface area contributed by atoms with Crippen LogP contribution in [-0.4, -0.2) is 59.9 Å². The number of ether oxygens (including phenoxy) is 1. The van der Waals surface area contributed by atoms with E-state index in [0.29, 0.717) is 27.9 Å². The Kier molecular flexibility index (Phi) is 8.26. The van der Waals surface area contributed by atoms with E-state index in [1.165, 1.54) is 18.2 Å². The first-order valence-corrected chi connectivity index (χ1v) is 12.9. The number of aromatic nitrogens is 1. The number of carbonyl (C=O) groups is 1. The van der Waals surface area contributed by atoms with Crippen LogP contribution in [0.4, 0.5) is 10.2 Å². The van der Waals surface area contributed by atoms with E-state index in [-0.39, 0.29) is 31.5 Å². The Morgan fingerprint density at radius 3 is 2.49 bits per heavy atom. The van der Waals surface area contributed by atoms with Crippen LogP contribution in [0, 0.1) is 5.82 Å². The van der Waals surface area contributed by atoms with Gasteiger partial charge in [-0.2, -0.15) is 0 Å². The minimum absolute atomic E-state index is 0.0696. The second kappa shape index (κ2) is 10.8. The summed E-state index contributed by atoms with van der Waals surface area (Å²) < 4.78 is 45.2. The monoisotopic (exact) mass is 508 g/mol. The average Bonchev–Trinajstić information content (AvgIpc) is 2.75. The lowest BCUT2D eigenvalue weighted by atomic mass is 9.89. The number of aliphatic hydroxyl groups is 2. The van der Waals surface area contributed by atoms with Crippen LogP contribution in [0.15, 0.2) is 30.3 Å². The summed E-state index contributed by atoms with van der Waals surface area (Å²) in [6.07, 6.45) is 1.03. The van der Waals surface area contributed by atoms with Gasteiger partial charge in [0.05, 0.1) is 37.2 Å². The molecule has 9 nitrogen and oxygen atoms in total. The van der Waals surface area contributed by atoms with Crippen molar-refractivity contribution < 1.29 is 37.7 Å². The molecule has 0 fully saturated rings. The molecule has 0 spiro atoms. The number of hydrogen-bond acceptors (Lipinski definition) is 7. The van der Waals surface area contributed by atoms with Crippen molar-refractivity contribution in [1.82, 2.24) is 4.98 Å². The highest BCUT2D eigenvalue weighted by molar-refractivity contribution is 7.92. The van der Waals surface area contributed by atoms with E-state index in [4.69, 9.17) is 9.84 Å². The van der Waals surface area contributed by atoms with Crippen molar-refractivity contribution in [3.8, 4) is 11.1 Å². The van der Waals surface area contributed by atoms with Crippen LogP contribution in [0.1, 0.15) is 49.4 Å². The maximum absolute atomic E-state index is 13.7. The second-order valence-electron chi connectivity index (χ2n) is 8.75. The summed E-state index contributed by atoms with van der Waals surface area (Å²) in [7, 11) is -3.70. The Labute approximate surface area is 203 Å². The quantitative estimate of drug-likeness (QED) is 0.470. The number of benzene rings is 1. The average molecular weight is 509 g/mol. The maximum Gasteiger partial charge on any atom is 0.305 e. The molecular formula is C24H29FN2O7S. The lowest BCUT2D eigenvalue weighted by molar-refractivity contribution is -0.139. The summed E-state index contributed by atoms with van der Waals surface area (Å²) in [4.78, 5) is 15.5. The standard InChI is InChI=1S/C24H29FN2O7S/c1-14(2)23-19(9-8-17(28)10-18(29)11-21(30)31)22(15-4-6-16(25)7-5-15)20-12-34-13-27(24(20)26-23)35(3,32)33/h4-9,14,17-18,28-29H,10-13H2,1-3H3,(H,30,31). The second-order valence-corrected chi connectivity index (χ2v) is 10.7. The van der Waals surface area contributed by atoms with Crippen molar-refractivity contribution in [3.63, 3.8) is 0 Å². The molecule has 0 saturated carbocycles. The Morgan fingerprint density at radius 1 is 1.26 bits per heavy atom. The van der Waals surface area contributed by atoms with Gasteiger partial charge in [-0.3, -0.25) is 4.79 Å². The van der Waals surface area contributed by atoms with E-state index in [2.05, 4.69) is 4.98 Å². The number of carboxylic acid groups (broad SMARTS) is 1. The summed E-state index contributed by atoms with van der Waals surface area (Å²) in [6.45, 7) is 3.66. The number of nitrogens with zero attached hydrogens (tertiary/aromatic N) is 2. The van der Waals surface area contributed by atoms with Crippen LogP contribution in [0.5, 0.6) is 0 Å². The van der Waals surface area contributed by atoms with Gasteiger partial charge in [0.15, 0.2) is 5.82 Å². The number of carboxylic acids is 1. The van der Waals surface area contributed by atoms with Gasteiger partial charge in [0.2, 0.25) is 10.0 Å². The Hall–Kier alpha value is -2.86. The number of aliphatic carboxylic acids is 1. The molecule has 2 atom stereocenters. The van der Waals surface area contributed by atoms with Crippen molar-refractivity contribution in [3.05, 3.63) is 53.0 Å². The lowest BCUT2D eigenvalue weighted by Gasteiger charge is -2.31. The number of rotatable bonds is 9. The maximum atomic E-state index is 13.7. The fraction of sp³-hybridized carbons (Fsp3) is 0.417. The molecule has 0 amide bonds. The molecule has 11 heteroatoms. The molecule has 0 bridgehead atoms. The van der Waals surface area contributed by atoms with E-state index in [0.717, 1.165) is 10.6 Å². The normalized spacial score (nSPS) is 15.9. The van der Waals surface area contributed by atoms with E-state index in [9.17, 15) is 27.8 Å². The van der Waals surface area contributed by atoms with Gasteiger partial charge in [0, 0.05) is 17.5 Å². The third kappa shape index (κ3) is 6.43. The van der Waals surface area contributed by atoms with E-state index >= 15 is 0 Å². The first-order chi connectivity index (χ1) is 16.4. The SMILES string of the molecule is CC(C)c1nc2c(c(-c3ccc(F)cc3)c1C=CC(O)CC(O)CC(=O)O)COCN2S(C)(=O)=O. The van der Waals surface area contributed by atoms with Gasteiger partial charge >= 0.3 is 5.97 Å². The van der Waals surface area contributed by atoms with Crippen molar-refractivity contribution in [2.45, 2.75) is 51.4 Å². The number of sulfonamides is 1. The molecule has 1 aromatic heterocycles. The molecule has 2 heterocycles. The third-order valence-electron chi connectivity index (χ3n) is 5.52. The molecule has 3 N–H and O–H groups in total. The fourth-order valence-corrected chi connectivity index (χ4v) is 4.67. The van der Waals surface area contributed by atoms with Gasteiger partial charge in [-0.05, 0) is 29.2 Å². The number of anilines is 1. The number of hydrogen-bond donors (Lipinski definition) is 3. The van der Waals surface area contributed by atoms with Gasteiger partial charge in [-0.25, -0.2) is 22.1 Å². The molecule has 0 aliphatic carbocycles. The van der Waals surface area contributed by atoms with E-state index in [1.54, 1.807) is 18.2 Å². The topological polar surface area (TPSA) is 137 Å². The van der Waals surface area contributed by atoms with Gasteiger partial charge in [0.25, 0.3) is 0 Å². The van der Waals surface area contributed by atoms with Crippen molar-refractivity contribution >= 4 is 27.9 Å². The number of aliphatic hydroxyl groups excluding tert-OH is 2. The molecule has 1 aliphatic rings. The first kappa shape index (κ1) is 26.7. The Balaban J connectivity index is 2.20. The van der Waals surface area contributed by atoms with Gasteiger partial charge < -0.3 is 20.1 Å².